The molecule has 1 aliphatic carbocycles. The van der Waals surface area contributed by atoms with Gasteiger partial charge in [-0.1, -0.05) is 12.1 Å². The third-order valence-corrected chi connectivity index (χ3v) is 7.09. The molecule has 1 saturated heterocycles. The van der Waals surface area contributed by atoms with Crippen LogP contribution in [0.4, 0.5) is 8.78 Å². The molecular weight excluding hydrogens is 440 g/mol. The summed E-state index contributed by atoms with van der Waals surface area (Å²) in [6.45, 7) is 2.82. The minimum absolute atomic E-state index is 0.0126. The summed E-state index contributed by atoms with van der Waals surface area (Å²) in [5.41, 5.74) is 0.416. The van der Waals surface area contributed by atoms with Crippen LogP contribution in [0, 0.1) is 24.5 Å². The van der Waals surface area contributed by atoms with Gasteiger partial charge in [-0.2, -0.15) is 0 Å². The van der Waals surface area contributed by atoms with Crippen LogP contribution in [0.3, 0.4) is 0 Å². The maximum Gasteiger partial charge on any atom is 0.251 e. The van der Waals surface area contributed by atoms with E-state index < -0.39 is 32.1 Å². The Hall–Kier alpha value is -2.85. The van der Waals surface area contributed by atoms with E-state index in [2.05, 4.69) is 5.32 Å². The first-order valence-electron chi connectivity index (χ1n) is 10.2. The molecule has 0 spiro atoms. The van der Waals surface area contributed by atoms with Gasteiger partial charge < -0.3 is 10.2 Å². The normalized spacial score (nSPS) is 17.6. The number of likely N-dealkylation sites (tertiary alicyclic amines) is 1. The number of carbonyl (C=O) groups excluding carboxylic acids is 2. The number of hydrogen-bond acceptors (Lipinski definition) is 4. The Morgan fingerprint density at radius 2 is 1.88 bits per heavy atom. The summed E-state index contributed by atoms with van der Waals surface area (Å²) in [6, 6.07) is 7.49. The smallest absolute Gasteiger partial charge is 0.251 e. The highest BCUT2D eigenvalue weighted by atomic mass is 32.2. The van der Waals surface area contributed by atoms with Crippen molar-refractivity contribution in [3.63, 3.8) is 0 Å². The summed E-state index contributed by atoms with van der Waals surface area (Å²) < 4.78 is 50.5. The van der Waals surface area contributed by atoms with Crippen molar-refractivity contribution < 1.29 is 26.8 Å². The van der Waals surface area contributed by atoms with Gasteiger partial charge in [0.1, 0.15) is 11.6 Å². The first-order chi connectivity index (χ1) is 15.0. The van der Waals surface area contributed by atoms with E-state index in [0.29, 0.717) is 31.5 Å². The number of nitrogens with zero attached hydrogens (tertiary/aromatic N) is 1. The lowest BCUT2D eigenvalue weighted by Crippen LogP contribution is -2.56. The van der Waals surface area contributed by atoms with Gasteiger partial charge in [-0.05, 0) is 55.2 Å². The van der Waals surface area contributed by atoms with E-state index in [1.807, 2.05) is 0 Å². The molecule has 3 N–H and O–H groups in total. The summed E-state index contributed by atoms with van der Waals surface area (Å²) in [5.74, 6) is -1.86. The Kier molecular flexibility index (Phi) is 5.54. The first-order valence-corrected chi connectivity index (χ1v) is 11.7. The van der Waals surface area contributed by atoms with Crippen LogP contribution < -0.4 is 10.5 Å². The summed E-state index contributed by atoms with van der Waals surface area (Å²) in [7, 11) is -4.15. The second-order valence-corrected chi connectivity index (χ2v) is 10.1. The van der Waals surface area contributed by atoms with Crippen LogP contribution in [0.2, 0.25) is 0 Å². The number of carbonyl (C=O) groups is 2. The molecule has 2 aliphatic rings. The molecule has 10 heteroatoms. The summed E-state index contributed by atoms with van der Waals surface area (Å²) in [5, 5.41) is 7.65. The molecule has 0 unspecified atom stereocenters. The molecule has 0 atom stereocenters. The molecule has 1 heterocycles. The summed E-state index contributed by atoms with van der Waals surface area (Å²) in [6.07, 6.45) is 1.36. The van der Waals surface area contributed by atoms with Crippen LogP contribution in [0.25, 0.3) is 0 Å². The van der Waals surface area contributed by atoms with Gasteiger partial charge in [0.2, 0.25) is 15.9 Å². The van der Waals surface area contributed by atoms with Crippen LogP contribution in [0.15, 0.2) is 41.3 Å². The molecule has 0 aromatic heterocycles. The van der Waals surface area contributed by atoms with E-state index in [-0.39, 0.29) is 29.8 Å². The van der Waals surface area contributed by atoms with Crippen LogP contribution >= 0.6 is 0 Å². The van der Waals surface area contributed by atoms with Gasteiger partial charge in [-0.15, -0.1) is 0 Å². The van der Waals surface area contributed by atoms with Crippen molar-refractivity contribution in [1.29, 1.82) is 0 Å². The second kappa shape index (κ2) is 7.93. The predicted molar refractivity (Wildman–Crippen MR) is 112 cm³/mol. The lowest BCUT2D eigenvalue weighted by molar-refractivity contribution is -0.140. The summed E-state index contributed by atoms with van der Waals surface area (Å²) in [4.78, 5) is 26.6. The number of amides is 2. The molecule has 0 bridgehead atoms. The fourth-order valence-electron chi connectivity index (χ4n) is 4.21. The van der Waals surface area contributed by atoms with Crippen molar-refractivity contribution in [2.24, 2.45) is 11.1 Å². The molecule has 2 amide bonds. The Morgan fingerprint density at radius 3 is 2.50 bits per heavy atom. The number of nitrogens with two attached hydrogens (primary N) is 1. The molecule has 7 nitrogen and oxygen atoms in total. The molecule has 32 heavy (non-hydrogen) atoms. The lowest BCUT2D eigenvalue weighted by Gasteiger charge is -2.41. The van der Waals surface area contributed by atoms with Gasteiger partial charge in [0.15, 0.2) is 0 Å². The number of sulfonamides is 1. The van der Waals surface area contributed by atoms with E-state index in [4.69, 9.17) is 5.14 Å². The number of benzene rings is 2. The van der Waals surface area contributed by atoms with Gasteiger partial charge in [0.05, 0.1) is 10.3 Å². The molecular formula is C22H23F2N3O4S. The third kappa shape index (κ3) is 4.12. The van der Waals surface area contributed by atoms with Crippen molar-refractivity contribution >= 4 is 21.8 Å². The van der Waals surface area contributed by atoms with Gasteiger partial charge in [0, 0.05) is 31.1 Å². The van der Waals surface area contributed by atoms with E-state index in [9.17, 15) is 26.8 Å². The van der Waals surface area contributed by atoms with Gasteiger partial charge >= 0.3 is 0 Å². The average Bonchev–Trinajstić information content (AvgIpc) is 3.49. The largest absolute Gasteiger partial charge is 0.352 e. The summed E-state index contributed by atoms with van der Waals surface area (Å²) >= 11 is 0. The highest BCUT2D eigenvalue weighted by Gasteiger charge is 2.55. The Balaban J connectivity index is 1.34. The Morgan fingerprint density at radius 1 is 1.19 bits per heavy atom. The van der Waals surface area contributed by atoms with Crippen LogP contribution in [0.1, 0.15) is 34.3 Å². The quantitative estimate of drug-likeness (QED) is 0.681. The fraction of sp³-hybridized carbons (Fsp3) is 0.364. The highest BCUT2D eigenvalue weighted by Crippen LogP contribution is 2.51. The number of nitrogens with one attached hydrogen (secondary N) is 1. The van der Waals surface area contributed by atoms with Gasteiger partial charge in [0.25, 0.3) is 5.91 Å². The highest BCUT2D eigenvalue weighted by molar-refractivity contribution is 7.89. The first kappa shape index (κ1) is 22.3. The SMILES string of the molecule is Cc1c(F)cccc1C1(C(=O)N2CC(CNC(=O)c3cc(F)cc(S(N)(=O)=O)c3)C2)CC1. The van der Waals surface area contributed by atoms with E-state index >= 15 is 0 Å². The molecule has 2 fully saturated rings. The lowest BCUT2D eigenvalue weighted by atomic mass is 9.88. The standard InChI is InChI=1S/C22H23F2N3O4S/c1-13-18(3-2-4-19(13)24)22(5-6-22)21(29)27-11-14(12-27)10-26-20(28)15-7-16(23)9-17(8-15)32(25,30)31/h2-4,7-9,14H,5-6,10-12H2,1H3,(H,26,28)(H2,25,30,31). The number of rotatable bonds is 6. The zero-order valence-corrected chi connectivity index (χ0v) is 18.2. The molecule has 0 radical (unpaired) electrons. The van der Waals surface area contributed by atoms with Gasteiger partial charge in [-0.25, -0.2) is 22.3 Å². The fourth-order valence-corrected chi connectivity index (χ4v) is 4.78. The second-order valence-electron chi connectivity index (χ2n) is 8.50. The van der Waals surface area contributed by atoms with Crippen molar-refractivity contribution in [2.75, 3.05) is 19.6 Å². The zero-order valence-electron chi connectivity index (χ0n) is 17.4. The number of primary sulfonamides is 1. The number of halogens is 2. The van der Waals surface area contributed by atoms with Crippen molar-refractivity contribution in [2.45, 2.75) is 30.1 Å². The third-order valence-electron chi connectivity index (χ3n) is 6.20. The zero-order chi connectivity index (χ0) is 23.3. The molecule has 170 valence electrons. The van der Waals surface area contributed by atoms with Crippen molar-refractivity contribution in [3.05, 3.63) is 64.7 Å². The average molecular weight is 464 g/mol. The van der Waals surface area contributed by atoms with Crippen molar-refractivity contribution in [3.8, 4) is 0 Å². The maximum absolute atomic E-state index is 14.0. The van der Waals surface area contributed by atoms with Crippen LogP contribution in [-0.2, 0) is 20.2 Å². The minimum Gasteiger partial charge on any atom is -0.352 e. The van der Waals surface area contributed by atoms with E-state index in [1.54, 1.807) is 24.0 Å². The van der Waals surface area contributed by atoms with Crippen LogP contribution in [0.5, 0.6) is 0 Å². The Bertz CT molecular complexity index is 1210. The van der Waals surface area contributed by atoms with E-state index in [0.717, 1.165) is 23.8 Å². The topological polar surface area (TPSA) is 110 Å². The van der Waals surface area contributed by atoms with Crippen LogP contribution in [-0.4, -0.2) is 44.8 Å². The number of hydrogen-bond donors (Lipinski definition) is 2. The molecule has 2 aromatic rings. The monoisotopic (exact) mass is 463 g/mol. The Labute approximate surface area is 184 Å². The predicted octanol–water partition coefficient (Wildman–Crippen LogP) is 1.84. The maximum atomic E-state index is 14.0. The van der Waals surface area contributed by atoms with Crippen molar-refractivity contribution in [1.82, 2.24) is 10.2 Å². The van der Waals surface area contributed by atoms with E-state index in [1.165, 1.54) is 6.07 Å². The minimum atomic E-state index is -4.15. The molecule has 1 aliphatic heterocycles. The molecule has 1 saturated carbocycles. The molecule has 4 rings (SSSR count). The van der Waals surface area contributed by atoms with Gasteiger partial charge in [-0.3, -0.25) is 9.59 Å². The molecule has 2 aromatic carbocycles.